The van der Waals surface area contributed by atoms with Crippen LogP contribution in [0.3, 0.4) is 0 Å². The molecule has 0 saturated carbocycles. The van der Waals surface area contributed by atoms with E-state index in [0.29, 0.717) is 18.4 Å². The van der Waals surface area contributed by atoms with Crippen LogP contribution >= 0.6 is 0 Å². The summed E-state index contributed by atoms with van der Waals surface area (Å²) in [6.45, 7) is 8.38. The van der Waals surface area contributed by atoms with Gasteiger partial charge in [0.05, 0.1) is 51.3 Å². The smallest absolute Gasteiger partial charge is 0.330 e. The van der Waals surface area contributed by atoms with Crippen LogP contribution in [0.4, 0.5) is 4.39 Å². The standard InChI is InChI=1S/C40H49FN2O11/c1-25(2)39-32(38(28-11-13-29(41)14-12-28)33(24-50-5)40(42-39)26(3)4)16-15-30(44)22-31(45)23-37(47)54-34-17-9-27(21-35(34)51-6)10-18-36(46)52-19-7-8-20-53-43(48)49/h9-18,21,25-26,30-31,44-45H,7-8,19-20,22-24H2,1-6H3/t30-,31-/m1/s1. The van der Waals surface area contributed by atoms with Crippen molar-refractivity contribution in [3.8, 4) is 22.6 Å². The summed E-state index contributed by atoms with van der Waals surface area (Å²) in [7, 11) is 2.98. The second-order valence-corrected chi connectivity index (χ2v) is 13.1. The Morgan fingerprint density at radius 3 is 2.26 bits per heavy atom. The molecule has 0 amide bonds. The van der Waals surface area contributed by atoms with Gasteiger partial charge in [-0.15, -0.1) is 10.1 Å². The van der Waals surface area contributed by atoms with Crippen LogP contribution in [-0.4, -0.2) is 71.9 Å². The number of hydrogen-bond donors (Lipinski definition) is 2. The van der Waals surface area contributed by atoms with E-state index in [9.17, 15) is 34.3 Å². The second-order valence-electron chi connectivity index (χ2n) is 13.1. The van der Waals surface area contributed by atoms with Crippen molar-refractivity contribution in [1.29, 1.82) is 0 Å². The summed E-state index contributed by atoms with van der Waals surface area (Å²) in [5, 5.41) is 30.9. The molecule has 0 spiro atoms. The molecule has 0 radical (unpaired) electrons. The number of nitrogens with zero attached hydrogens (tertiary/aromatic N) is 2. The number of pyridine rings is 1. The maximum atomic E-state index is 14.0. The van der Waals surface area contributed by atoms with E-state index < -0.39 is 35.7 Å². The quantitative estimate of drug-likeness (QED) is 0.0286. The van der Waals surface area contributed by atoms with Crippen molar-refractivity contribution in [1.82, 2.24) is 4.98 Å². The van der Waals surface area contributed by atoms with Gasteiger partial charge in [-0.25, -0.2) is 9.18 Å². The van der Waals surface area contributed by atoms with Crippen LogP contribution in [0.5, 0.6) is 11.5 Å². The molecule has 0 aliphatic carbocycles. The summed E-state index contributed by atoms with van der Waals surface area (Å²) < 4.78 is 35.4. The zero-order chi connectivity index (χ0) is 39.8. The van der Waals surface area contributed by atoms with Gasteiger partial charge in [0.2, 0.25) is 0 Å². The molecule has 2 atom stereocenters. The number of aromatic nitrogens is 1. The molecule has 13 nitrogen and oxygen atoms in total. The fraction of sp³-hybridized carbons (Fsp3) is 0.425. The third-order valence-corrected chi connectivity index (χ3v) is 8.12. The monoisotopic (exact) mass is 752 g/mol. The van der Waals surface area contributed by atoms with Gasteiger partial charge in [-0.05, 0) is 71.7 Å². The number of methoxy groups -OCH3 is 2. The molecular formula is C40H49FN2O11. The number of rotatable bonds is 21. The van der Waals surface area contributed by atoms with Crippen molar-refractivity contribution < 1.29 is 53.1 Å². The number of halogens is 1. The van der Waals surface area contributed by atoms with E-state index in [1.165, 1.54) is 43.5 Å². The summed E-state index contributed by atoms with van der Waals surface area (Å²) in [5.74, 6) is -1.38. The van der Waals surface area contributed by atoms with E-state index in [1.54, 1.807) is 37.5 Å². The summed E-state index contributed by atoms with van der Waals surface area (Å²) in [6.07, 6.45) is 3.74. The topological polar surface area (TPSA) is 177 Å². The minimum Gasteiger partial charge on any atom is -0.493 e. The predicted octanol–water partition coefficient (Wildman–Crippen LogP) is 6.96. The van der Waals surface area contributed by atoms with E-state index >= 15 is 0 Å². The first-order chi connectivity index (χ1) is 25.7. The predicted molar refractivity (Wildman–Crippen MR) is 200 cm³/mol. The molecule has 0 aliphatic rings. The molecule has 3 rings (SSSR count). The van der Waals surface area contributed by atoms with Crippen LogP contribution in [0.15, 0.2) is 54.6 Å². The lowest BCUT2D eigenvalue weighted by Crippen LogP contribution is -2.22. The van der Waals surface area contributed by atoms with Gasteiger partial charge in [0.1, 0.15) is 5.82 Å². The number of carbonyl (C=O) groups excluding carboxylic acids is 2. The lowest BCUT2D eigenvalue weighted by molar-refractivity contribution is -0.757. The van der Waals surface area contributed by atoms with E-state index in [1.807, 2.05) is 27.7 Å². The maximum Gasteiger partial charge on any atom is 0.330 e. The minimum atomic E-state index is -1.25. The Bertz CT molecular complexity index is 1770. The number of ether oxygens (including phenoxy) is 4. The normalized spacial score (nSPS) is 12.7. The van der Waals surface area contributed by atoms with Gasteiger partial charge in [-0.3, -0.25) is 9.78 Å². The zero-order valence-electron chi connectivity index (χ0n) is 31.5. The molecule has 54 heavy (non-hydrogen) atoms. The highest BCUT2D eigenvalue weighted by Crippen LogP contribution is 2.38. The van der Waals surface area contributed by atoms with Crippen LogP contribution in [0.1, 0.15) is 93.3 Å². The number of aliphatic hydroxyl groups is 2. The molecule has 1 aromatic heterocycles. The van der Waals surface area contributed by atoms with E-state index in [-0.39, 0.29) is 55.4 Å². The summed E-state index contributed by atoms with van der Waals surface area (Å²) in [4.78, 5) is 44.1. The Kier molecular flexibility index (Phi) is 17.2. The highest BCUT2D eigenvalue weighted by Gasteiger charge is 2.24. The lowest BCUT2D eigenvalue weighted by atomic mass is 9.87. The van der Waals surface area contributed by atoms with Crippen LogP contribution in [0.25, 0.3) is 23.3 Å². The number of aliphatic hydroxyl groups excluding tert-OH is 2. The molecule has 2 N–H and O–H groups in total. The highest BCUT2D eigenvalue weighted by molar-refractivity contribution is 5.87. The molecule has 2 aromatic carbocycles. The number of esters is 2. The van der Waals surface area contributed by atoms with Crippen molar-refractivity contribution in [2.45, 2.75) is 84.0 Å². The molecule has 0 unspecified atom stereocenters. The molecule has 0 bridgehead atoms. The Balaban J connectivity index is 1.68. The van der Waals surface area contributed by atoms with Crippen LogP contribution in [0.2, 0.25) is 0 Å². The molecule has 0 fully saturated rings. The largest absolute Gasteiger partial charge is 0.493 e. The van der Waals surface area contributed by atoms with Crippen LogP contribution < -0.4 is 9.47 Å². The Labute approximate surface area is 314 Å². The number of hydrogen-bond acceptors (Lipinski definition) is 12. The Hall–Kier alpha value is -5.18. The third-order valence-electron chi connectivity index (χ3n) is 8.12. The van der Waals surface area contributed by atoms with Gasteiger partial charge in [0.15, 0.2) is 11.5 Å². The van der Waals surface area contributed by atoms with Gasteiger partial charge in [0, 0.05) is 36.4 Å². The summed E-state index contributed by atoms with van der Waals surface area (Å²) >= 11 is 0. The Morgan fingerprint density at radius 2 is 1.63 bits per heavy atom. The third kappa shape index (κ3) is 13.3. The first-order valence-electron chi connectivity index (χ1n) is 17.6. The van der Waals surface area contributed by atoms with Gasteiger partial charge < -0.3 is 34.0 Å². The van der Waals surface area contributed by atoms with Crippen LogP contribution in [0, 0.1) is 15.9 Å². The van der Waals surface area contributed by atoms with Gasteiger partial charge in [-0.2, -0.15) is 0 Å². The number of unbranched alkanes of at least 4 members (excludes halogenated alkanes) is 1. The van der Waals surface area contributed by atoms with Crippen molar-refractivity contribution in [3.05, 3.63) is 98.6 Å². The Morgan fingerprint density at radius 1 is 0.944 bits per heavy atom. The fourth-order valence-electron chi connectivity index (χ4n) is 5.60. The van der Waals surface area contributed by atoms with Gasteiger partial charge in [0.25, 0.3) is 5.09 Å². The number of benzene rings is 2. The summed E-state index contributed by atoms with van der Waals surface area (Å²) in [5.41, 5.74) is 5.37. The average Bonchev–Trinajstić information content (AvgIpc) is 3.11. The molecule has 292 valence electrons. The van der Waals surface area contributed by atoms with Crippen molar-refractivity contribution in [3.63, 3.8) is 0 Å². The molecule has 3 aromatic rings. The van der Waals surface area contributed by atoms with Gasteiger partial charge in [-0.1, -0.05) is 58.0 Å². The first kappa shape index (κ1) is 43.2. The summed E-state index contributed by atoms with van der Waals surface area (Å²) in [6, 6.07) is 10.8. The van der Waals surface area contributed by atoms with E-state index in [2.05, 4.69) is 4.84 Å². The lowest BCUT2D eigenvalue weighted by Gasteiger charge is -2.23. The molecule has 0 saturated heterocycles. The van der Waals surface area contributed by atoms with Crippen LogP contribution in [-0.2, 0) is 30.5 Å². The van der Waals surface area contributed by atoms with Crippen molar-refractivity contribution in [2.75, 3.05) is 27.4 Å². The van der Waals surface area contributed by atoms with E-state index in [0.717, 1.165) is 33.6 Å². The highest BCUT2D eigenvalue weighted by atomic mass is 19.1. The molecule has 14 heteroatoms. The van der Waals surface area contributed by atoms with Crippen molar-refractivity contribution in [2.24, 2.45) is 0 Å². The second kappa shape index (κ2) is 21.5. The van der Waals surface area contributed by atoms with Crippen molar-refractivity contribution >= 4 is 24.1 Å². The molecular weight excluding hydrogens is 703 g/mol. The minimum absolute atomic E-state index is 0.00211. The zero-order valence-corrected chi connectivity index (χ0v) is 31.5. The number of carbonyl (C=O) groups is 2. The molecule has 1 heterocycles. The van der Waals surface area contributed by atoms with E-state index in [4.69, 9.17) is 23.9 Å². The SMILES string of the molecule is COCc1c(C(C)C)nc(C(C)C)c(C=C[C@@H](O)C[C@@H](O)CC(=O)Oc2ccc(C=CC(=O)OCCCCO[N+](=O)[O-])cc2OC)c1-c1ccc(F)cc1. The first-order valence-corrected chi connectivity index (χ1v) is 17.6. The molecule has 0 aliphatic heterocycles. The maximum absolute atomic E-state index is 14.0. The average molecular weight is 753 g/mol. The van der Waals surface area contributed by atoms with Gasteiger partial charge >= 0.3 is 11.9 Å². The fourth-order valence-corrected chi connectivity index (χ4v) is 5.60.